The van der Waals surface area contributed by atoms with Crippen LogP contribution in [0.1, 0.15) is 47.5 Å². The lowest BCUT2D eigenvalue weighted by Crippen LogP contribution is -2.27. The van der Waals surface area contributed by atoms with Gasteiger partial charge in [0.1, 0.15) is 11.5 Å². The first-order valence-corrected chi connectivity index (χ1v) is 6.54. The number of nitrogen functional groups attached to an aromatic ring is 1. The van der Waals surface area contributed by atoms with Crippen LogP contribution in [0.3, 0.4) is 0 Å². The molecule has 0 aliphatic heterocycles. The molecule has 0 bridgehead atoms. The van der Waals surface area contributed by atoms with Gasteiger partial charge in [-0.05, 0) is 25.0 Å². The lowest BCUT2D eigenvalue weighted by Gasteiger charge is -2.14. The molecule has 20 heavy (non-hydrogen) atoms. The maximum atomic E-state index is 12.3. The molecule has 108 valence electrons. The van der Waals surface area contributed by atoms with Gasteiger partial charge in [-0.2, -0.15) is 5.10 Å². The van der Waals surface area contributed by atoms with Gasteiger partial charge in [0.15, 0.2) is 5.69 Å². The van der Waals surface area contributed by atoms with Crippen LogP contribution in [-0.2, 0) is 6.54 Å². The van der Waals surface area contributed by atoms with E-state index in [4.69, 9.17) is 10.2 Å². The molecular formula is C14H20N4O2. The second-order valence-electron chi connectivity index (χ2n) is 5.23. The largest absolute Gasteiger partial charge is 0.464 e. The van der Waals surface area contributed by atoms with Crippen molar-refractivity contribution in [3.63, 3.8) is 0 Å². The summed E-state index contributed by atoms with van der Waals surface area (Å²) in [5.74, 6) is 1.53. The molecule has 6 nitrogen and oxygen atoms in total. The summed E-state index contributed by atoms with van der Waals surface area (Å²) < 4.78 is 5.46. The number of carbonyl (C=O) groups is 1. The number of H-pyrrole nitrogens is 1. The number of carbonyl (C=O) groups excluding carboxylic acids is 1. The zero-order chi connectivity index (χ0) is 14.9. The van der Waals surface area contributed by atoms with Crippen molar-refractivity contribution in [2.75, 3.05) is 12.8 Å². The van der Waals surface area contributed by atoms with Crippen molar-refractivity contribution in [2.45, 2.75) is 33.2 Å². The third-order valence-electron chi connectivity index (χ3n) is 3.15. The Balaban J connectivity index is 2.14. The fourth-order valence-corrected chi connectivity index (χ4v) is 2.02. The van der Waals surface area contributed by atoms with E-state index in [2.05, 4.69) is 10.2 Å². The Labute approximate surface area is 117 Å². The van der Waals surface area contributed by atoms with Crippen molar-refractivity contribution in [1.82, 2.24) is 15.1 Å². The average Bonchev–Trinajstić information content (AvgIpc) is 2.94. The van der Waals surface area contributed by atoms with E-state index in [0.29, 0.717) is 12.2 Å². The molecule has 0 fully saturated rings. The molecule has 2 heterocycles. The number of amides is 1. The smallest absolute Gasteiger partial charge is 0.276 e. The first-order valence-electron chi connectivity index (χ1n) is 6.54. The van der Waals surface area contributed by atoms with E-state index in [-0.39, 0.29) is 17.5 Å². The lowest BCUT2D eigenvalue weighted by atomic mass is 10.1. The van der Waals surface area contributed by atoms with Crippen LogP contribution in [0.2, 0.25) is 0 Å². The molecule has 2 aromatic rings. The van der Waals surface area contributed by atoms with Gasteiger partial charge in [0.2, 0.25) is 0 Å². The predicted molar refractivity (Wildman–Crippen MR) is 76.3 cm³/mol. The van der Waals surface area contributed by atoms with E-state index in [9.17, 15) is 4.79 Å². The molecule has 0 saturated heterocycles. The number of nitrogens with zero attached hydrogens (tertiary/aromatic N) is 2. The van der Waals surface area contributed by atoms with E-state index in [1.807, 2.05) is 32.9 Å². The van der Waals surface area contributed by atoms with Crippen LogP contribution in [0.4, 0.5) is 5.69 Å². The summed E-state index contributed by atoms with van der Waals surface area (Å²) in [6.45, 7) is 6.24. The molecule has 1 amide bonds. The highest BCUT2D eigenvalue weighted by molar-refractivity contribution is 5.97. The van der Waals surface area contributed by atoms with Crippen LogP contribution in [-0.4, -0.2) is 28.1 Å². The van der Waals surface area contributed by atoms with Gasteiger partial charge < -0.3 is 15.1 Å². The van der Waals surface area contributed by atoms with E-state index >= 15 is 0 Å². The normalized spacial score (nSPS) is 11.1. The van der Waals surface area contributed by atoms with Crippen LogP contribution in [0.25, 0.3) is 0 Å². The zero-order valence-electron chi connectivity index (χ0n) is 12.2. The summed E-state index contributed by atoms with van der Waals surface area (Å²) in [4.78, 5) is 13.9. The minimum atomic E-state index is -0.222. The van der Waals surface area contributed by atoms with Crippen LogP contribution < -0.4 is 5.73 Å². The Morgan fingerprint density at radius 1 is 1.50 bits per heavy atom. The van der Waals surface area contributed by atoms with Crippen molar-refractivity contribution in [3.8, 4) is 0 Å². The molecule has 0 aliphatic carbocycles. The Bertz CT molecular complexity index is 612. The Hall–Kier alpha value is -2.24. The number of anilines is 1. The molecule has 3 N–H and O–H groups in total. The van der Waals surface area contributed by atoms with Crippen molar-refractivity contribution in [3.05, 3.63) is 35.0 Å². The van der Waals surface area contributed by atoms with Crippen molar-refractivity contribution < 1.29 is 9.21 Å². The van der Waals surface area contributed by atoms with E-state index in [0.717, 1.165) is 17.2 Å². The molecule has 2 rings (SSSR count). The fourth-order valence-electron chi connectivity index (χ4n) is 2.02. The predicted octanol–water partition coefficient (Wildman–Crippen LogP) is 2.29. The molecular weight excluding hydrogens is 256 g/mol. The Morgan fingerprint density at radius 2 is 2.20 bits per heavy atom. The molecule has 6 heteroatoms. The summed E-state index contributed by atoms with van der Waals surface area (Å²) >= 11 is 0. The van der Waals surface area contributed by atoms with Gasteiger partial charge in [0.05, 0.1) is 17.9 Å². The number of nitrogens with two attached hydrogens (primary N) is 1. The second-order valence-corrected chi connectivity index (χ2v) is 5.23. The zero-order valence-corrected chi connectivity index (χ0v) is 12.2. The summed E-state index contributed by atoms with van der Waals surface area (Å²) in [7, 11) is 1.70. The number of aromatic amines is 1. The number of rotatable bonds is 4. The number of hydrogen-bond acceptors (Lipinski definition) is 4. The number of nitrogens with one attached hydrogen (secondary N) is 1. The lowest BCUT2D eigenvalue weighted by molar-refractivity contribution is 0.0770. The van der Waals surface area contributed by atoms with Crippen LogP contribution in [0.5, 0.6) is 0 Å². The summed E-state index contributed by atoms with van der Waals surface area (Å²) in [6, 6.07) is 3.72. The molecule has 0 saturated carbocycles. The minimum Gasteiger partial charge on any atom is -0.464 e. The summed E-state index contributed by atoms with van der Waals surface area (Å²) in [5.41, 5.74) is 7.45. The fraction of sp³-hybridized carbons (Fsp3) is 0.429. The second kappa shape index (κ2) is 5.40. The van der Waals surface area contributed by atoms with E-state index < -0.39 is 0 Å². The molecule has 0 spiro atoms. The van der Waals surface area contributed by atoms with Crippen LogP contribution in [0, 0.1) is 6.92 Å². The van der Waals surface area contributed by atoms with Crippen molar-refractivity contribution >= 4 is 11.6 Å². The first-order chi connectivity index (χ1) is 9.40. The third-order valence-corrected chi connectivity index (χ3v) is 3.15. The highest BCUT2D eigenvalue weighted by atomic mass is 16.3. The van der Waals surface area contributed by atoms with Gasteiger partial charge in [0.25, 0.3) is 5.91 Å². The Morgan fingerprint density at radius 3 is 2.70 bits per heavy atom. The highest BCUT2D eigenvalue weighted by Crippen LogP contribution is 2.23. The molecule has 0 aromatic carbocycles. The minimum absolute atomic E-state index is 0.196. The summed E-state index contributed by atoms with van der Waals surface area (Å²) in [6.07, 6.45) is 0. The van der Waals surface area contributed by atoms with Gasteiger partial charge in [0, 0.05) is 7.05 Å². The molecule has 0 radical (unpaired) electrons. The molecule has 0 unspecified atom stereocenters. The average molecular weight is 276 g/mol. The maximum Gasteiger partial charge on any atom is 0.276 e. The molecule has 0 atom stereocenters. The van der Waals surface area contributed by atoms with Crippen LogP contribution >= 0.6 is 0 Å². The number of aryl methyl sites for hydroxylation is 1. The number of aromatic nitrogens is 2. The number of hydrogen-bond donors (Lipinski definition) is 2. The quantitative estimate of drug-likeness (QED) is 0.896. The van der Waals surface area contributed by atoms with Crippen LogP contribution in [0.15, 0.2) is 16.5 Å². The molecule has 0 aliphatic rings. The monoisotopic (exact) mass is 276 g/mol. The van der Waals surface area contributed by atoms with Gasteiger partial charge >= 0.3 is 0 Å². The highest BCUT2D eigenvalue weighted by Gasteiger charge is 2.22. The third kappa shape index (κ3) is 2.68. The summed E-state index contributed by atoms with van der Waals surface area (Å²) in [5, 5.41) is 6.86. The van der Waals surface area contributed by atoms with Crippen molar-refractivity contribution in [1.29, 1.82) is 0 Å². The number of furan rings is 1. The van der Waals surface area contributed by atoms with E-state index in [1.165, 1.54) is 4.90 Å². The van der Waals surface area contributed by atoms with Gasteiger partial charge in [-0.1, -0.05) is 13.8 Å². The maximum absolute atomic E-state index is 12.3. The molecule has 2 aromatic heterocycles. The first kappa shape index (κ1) is 14.2. The van der Waals surface area contributed by atoms with E-state index in [1.54, 1.807) is 7.05 Å². The SMILES string of the molecule is Cc1ccc(CN(C)C(=O)c2n[nH]c(C(C)C)c2N)o1. The van der Waals surface area contributed by atoms with Gasteiger partial charge in [-0.15, -0.1) is 0 Å². The standard InChI is InChI=1S/C14H20N4O2/c1-8(2)12-11(15)13(17-16-12)14(19)18(4)7-10-6-5-9(3)20-10/h5-6,8H,7,15H2,1-4H3,(H,16,17). The topological polar surface area (TPSA) is 88.2 Å². The van der Waals surface area contributed by atoms with Crippen molar-refractivity contribution in [2.24, 2.45) is 0 Å². The Kier molecular flexibility index (Phi) is 3.83. The van der Waals surface area contributed by atoms with Gasteiger partial charge in [-0.25, -0.2) is 0 Å². The van der Waals surface area contributed by atoms with Gasteiger partial charge in [-0.3, -0.25) is 9.89 Å².